The van der Waals surface area contributed by atoms with E-state index in [1.807, 2.05) is 41.1 Å². The van der Waals surface area contributed by atoms with Gasteiger partial charge in [0.25, 0.3) is 0 Å². The summed E-state index contributed by atoms with van der Waals surface area (Å²) >= 11 is 12.9. The number of aromatic nitrogens is 4. The van der Waals surface area contributed by atoms with E-state index in [0.717, 1.165) is 48.3 Å². The normalized spacial score (nSPS) is 15.1. The maximum Gasteiger partial charge on any atom is 0.141 e. The molecule has 0 amide bonds. The second-order valence-corrected chi connectivity index (χ2v) is 13.9. The van der Waals surface area contributed by atoms with Gasteiger partial charge in [0.15, 0.2) is 0 Å². The Morgan fingerprint density at radius 2 is 1.85 bits per heavy atom. The molecule has 11 heteroatoms. The van der Waals surface area contributed by atoms with Crippen molar-refractivity contribution in [2.45, 2.75) is 64.1 Å². The van der Waals surface area contributed by atoms with Gasteiger partial charge in [0, 0.05) is 48.0 Å². The first-order chi connectivity index (χ1) is 22.5. The number of rotatable bonds is 8. The molecule has 6 rings (SSSR count). The zero-order valence-electron chi connectivity index (χ0n) is 26.5. The van der Waals surface area contributed by atoms with Gasteiger partial charge in [-0.05, 0) is 87.1 Å². The van der Waals surface area contributed by atoms with E-state index in [1.165, 1.54) is 18.3 Å². The van der Waals surface area contributed by atoms with Crippen LogP contribution in [0.25, 0.3) is 10.9 Å². The van der Waals surface area contributed by atoms with Crippen molar-refractivity contribution in [2.75, 3.05) is 18.4 Å². The zero-order chi connectivity index (χ0) is 33.3. The Labute approximate surface area is 283 Å². The maximum absolute atomic E-state index is 13.9. The molecule has 1 fully saturated rings. The Hall–Kier alpha value is -4.07. The van der Waals surface area contributed by atoms with Crippen LogP contribution in [-0.4, -0.2) is 48.6 Å². The summed E-state index contributed by atoms with van der Waals surface area (Å²) in [5, 5.41) is 33.4. The predicted octanol–water partition coefficient (Wildman–Crippen LogP) is 8.19. The summed E-state index contributed by atoms with van der Waals surface area (Å²) < 4.78 is 15.9. The van der Waals surface area contributed by atoms with E-state index in [4.69, 9.17) is 23.2 Å². The molecule has 0 aliphatic carbocycles. The van der Waals surface area contributed by atoms with Crippen LogP contribution in [0.5, 0.6) is 0 Å². The van der Waals surface area contributed by atoms with Gasteiger partial charge >= 0.3 is 0 Å². The minimum absolute atomic E-state index is 0.0358. The van der Waals surface area contributed by atoms with Gasteiger partial charge < -0.3 is 10.4 Å². The van der Waals surface area contributed by atoms with E-state index in [0.29, 0.717) is 39.3 Å². The quantitative estimate of drug-likeness (QED) is 0.171. The number of likely N-dealkylation sites (tertiary alicyclic amines) is 1. The maximum atomic E-state index is 13.9. The molecule has 1 aliphatic rings. The number of nitrogens with zero attached hydrogens (tertiary/aromatic N) is 6. The van der Waals surface area contributed by atoms with E-state index >= 15 is 0 Å². The number of aliphatic hydroxyl groups is 1. The SMILES string of the molecule is CC(C)(C)N1CCC(n2cc([C@@H](Cc3cc(Cl)c4ncc(C#N)c(Nc5ccc(F)c(Cl)c5)c4c3)c3cccc(CO)c3)nn2)CC1. The van der Waals surface area contributed by atoms with E-state index in [9.17, 15) is 14.8 Å². The molecular weight excluding hydrogens is 636 g/mol. The van der Waals surface area contributed by atoms with Crippen molar-refractivity contribution in [3.05, 3.63) is 111 Å². The Morgan fingerprint density at radius 1 is 1.06 bits per heavy atom. The molecule has 0 unspecified atom stereocenters. The van der Waals surface area contributed by atoms with Crippen molar-refractivity contribution in [3.8, 4) is 6.07 Å². The van der Waals surface area contributed by atoms with Crippen LogP contribution in [0.3, 0.4) is 0 Å². The molecule has 2 aromatic heterocycles. The lowest BCUT2D eigenvalue weighted by Crippen LogP contribution is -2.46. The molecule has 1 aliphatic heterocycles. The number of aliphatic hydroxyl groups excluding tert-OH is 1. The number of nitrogens with one attached hydrogen (secondary N) is 1. The highest BCUT2D eigenvalue weighted by Gasteiger charge is 2.29. The standard InChI is InChI=1S/C36H36Cl2FN7O/c1-36(2,3)45-11-9-27(10-12-45)46-20-33(43-44-46)28(24-6-4-5-22(13-24)21-47)14-23-15-29-34(42-26-7-8-32(39)30(37)17-26)25(18-40)19-41-35(29)31(38)16-23/h4-8,13,15-17,19-20,27-28,47H,9-12,14,21H2,1-3H3,(H,41,42)/t28-/m0/s1. The van der Waals surface area contributed by atoms with Crippen molar-refractivity contribution in [3.63, 3.8) is 0 Å². The summed E-state index contributed by atoms with van der Waals surface area (Å²) in [5.74, 6) is -0.732. The Morgan fingerprint density at radius 3 is 2.55 bits per heavy atom. The predicted molar refractivity (Wildman–Crippen MR) is 184 cm³/mol. The highest BCUT2D eigenvalue weighted by molar-refractivity contribution is 6.35. The number of pyridine rings is 1. The number of nitriles is 1. The number of fused-ring (bicyclic) bond motifs is 1. The van der Waals surface area contributed by atoms with Crippen molar-refractivity contribution in [1.82, 2.24) is 24.9 Å². The number of benzene rings is 3. The van der Waals surface area contributed by atoms with Crippen molar-refractivity contribution in [2.24, 2.45) is 0 Å². The number of hydrogen-bond acceptors (Lipinski definition) is 7. The lowest BCUT2D eigenvalue weighted by atomic mass is 9.88. The second-order valence-electron chi connectivity index (χ2n) is 13.1. The molecule has 5 aromatic rings. The van der Waals surface area contributed by atoms with Crippen molar-refractivity contribution >= 4 is 45.5 Å². The van der Waals surface area contributed by atoms with E-state index in [1.54, 1.807) is 6.07 Å². The first kappa shape index (κ1) is 32.9. The molecular formula is C36H36Cl2FN7O. The zero-order valence-corrected chi connectivity index (χ0v) is 28.0. The van der Waals surface area contributed by atoms with E-state index in [-0.39, 0.29) is 29.1 Å². The summed E-state index contributed by atoms with van der Waals surface area (Å²) in [7, 11) is 0. The molecule has 0 radical (unpaired) electrons. The number of halogens is 3. The highest BCUT2D eigenvalue weighted by atomic mass is 35.5. The highest BCUT2D eigenvalue weighted by Crippen LogP contribution is 2.37. The topological polar surface area (TPSA) is 103 Å². The Balaban J connectivity index is 1.37. The average molecular weight is 673 g/mol. The van der Waals surface area contributed by atoms with Gasteiger partial charge in [-0.25, -0.2) is 9.07 Å². The first-order valence-electron chi connectivity index (χ1n) is 15.6. The smallest absolute Gasteiger partial charge is 0.141 e. The lowest BCUT2D eigenvalue weighted by Gasteiger charge is -2.40. The number of anilines is 2. The van der Waals surface area contributed by atoms with Crippen LogP contribution >= 0.6 is 23.2 Å². The Bertz CT molecular complexity index is 1960. The van der Waals surface area contributed by atoms with Gasteiger partial charge in [-0.2, -0.15) is 5.26 Å². The van der Waals surface area contributed by atoms with Crippen LogP contribution in [0.4, 0.5) is 15.8 Å². The van der Waals surface area contributed by atoms with Crippen LogP contribution < -0.4 is 5.32 Å². The third-order valence-electron chi connectivity index (χ3n) is 8.94. The molecule has 0 bridgehead atoms. The summed E-state index contributed by atoms with van der Waals surface area (Å²) in [6.45, 7) is 8.67. The molecule has 47 heavy (non-hydrogen) atoms. The van der Waals surface area contributed by atoms with Gasteiger partial charge in [0.2, 0.25) is 0 Å². The molecule has 1 saturated heterocycles. The van der Waals surface area contributed by atoms with Crippen molar-refractivity contribution < 1.29 is 9.50 Å². The van der Waals surface area contributed by atoms with Crippen molar-refractivity contribution in [1.29, 1.82) is 5.26 Å². The molecule has 2 N–H and O–H groups in total. The summed E-state index contributed by atoms with van der Waals surface area (Å²) in [5.41, 5.74) is 5.48. The average Bonchev–Trinajstić information content (AvgIpc) is 3.55. The Kier molecular flexibility index (Phi) is 9.49. The first-order valence-corrected chi connectivity index (χ1v) is 16.4. The number of hydrogen-bond donors (Lipinski definition) is 2. The monoisotopic (exact) mass is 671 g/mol. The summed E-state index contributed by atoms with van der Waals surface area (Å²) in [6.07, 6.45) is 6.03. The lowest BCUT2D eigenvalue weighted by molar-refractivity contribution is 0.0866. The van der Waals surface area contributed by atoms with E-state index in [2.05, 4.69) is 58.6 Å². The number of piperidine rings is 1. The third kappa shape index (κ3) is 7.12. The summed E-state index contributed by atoms with van der Waals surface area (Å²) in [4.78, 5) is 6.99. The van der Waals surface area contributed by atoms with Gasteiger partial charge in [0.05, 0.1) is 45.2 Å². The fourth-order valence-corrected chi connectivity index (χ4v) is 6.81. The van der Waals surface area contributed by atoms with Gasteiger partial charge in [-0.3, -0.25) is 9.88 Å². The molecule has 242 valence electrons. The molecule has 8 nitrogen and oxygen atoms in total. The molecule has 3 heterocycles. The van der Waals surface area contributed by atoms with Crippen LogP contribution in [0.2, 0.25) is 10.0 Å². The van der Waals surface area contributed by atoms with Crippen LogP contribution in [-0.2, 0) is 13.0 Å². The molecule has 0 saturated carbocycles. The minimum Gasteiger partial charge on any atom is -0.392 e. The molecule has 3 aromatic carbocycles. The summed E-state index contributed by atoms with van der Waals surface area (Å²) in [6, 6.07) is 18.5. The largest absolute Gasteiger partial charge is 0.392 e. The second kappa shape index (κ2) is 13.6. The van der Waals surface area contributed by atoms with Gasteiger partial charge in [0.1, 0.15) is 11.9 Å². The molecule has 0 spiro atoms. The van der Waals surface area contributed by atoms with E-state index < -0.39 is 5.82 Å². The fourth-order valence-electron chi connectivity index (χ4n) is 6.34. The van der Waals surface area contributed by atoms with Gasteiger partial charge in [-0.1, -0.05) is 52.7 Å². The minimum atomic E-state index is -0.536. The fraction of sp³-hybridized carbons (Fsp3) is 0.333. The van der Waals surface area contributed by atoms with Crippen LogP contribution in [0.1, 0.15) is 73.5 Å². The van der Waals surface area contributed by atoms with Gasteiger partial charge in [-0.15, -0.1) is 5.10 Å². The van der Waals surface area contributed by atoms with Crippen LogP contribution in [0, 0.1) is 17.1 Å². The molecule has 1 atom stereocenters. The van der Waals surface area contributed by atoms with Crippen LogP contribution in [0.15, 0.2) is 67.0 Å². The third-order valence-corrected chi connectivity index (χ3v) is 9.52.